The molecule has 2 heteroatoms. The van der Waals surface area contributed by atoms with Crippen LogP contribution in [-0.4, -0.2) is 13.1 Å². The van der Waals surface area contributed by atoms with Crippen LogP contribution in [0.3, 0.4) is 0 Å². The van der Waals surface area contributed by atoms with Crippen molar-refractivity contribution in [1.29, 1.82) is 0 Å². The fourth-order valence-electron chi connectivity index (χ4n) is 3.83. The molecule has 1 N–H and O–H groups in total. The van der Waals surface area contributed by atoms with Gasteiger partial charge in [-0.2, -0.15) is 0 Å². The molecular formula is C17H19NO. The Labute approximate surface area is 113 Å². The van der Waals surface area contributed by atoms with Crippen molar-refractivity contribution in [1.82, 2.24) is 5.32 Å². The largest absolute Gasteiger partial charge is 0.472 e. The van der Waals surface area contributed by atoms with Gasteiger partial charge in [0, 0.05) is 5.56 Å². The molecule has 2 aromatic rings. The predicted molar refractivity (Wildman–Crippen MR) is 76.2 cm³/mol. The molecule has 0 radical (unpaired) electrons. The van der Waals surface area contributed by atoms with Crippen LogP contribution in [0.5, 0.6) is 0 Å². The van der Waals surface area contributed by atoms with Crippen molar-refractivity contribution in [3.8, 4) is 11.1 Å². The lowest BCUT2D eigenvalue weighted by Gasteiger charge is -2.35. The first-order chi connectivity index (χ1) is 9.37. The maximum Gasteiger partial charge on any atom is 0.0980 e. The van der Waals surface area contributed by atoms with Crippen LogP contribution < -0.4 is 5.32 Å². The molecule has 1 aliphatic carbocycles. The Morgan fingerprint density at radius 1 is 1.00 bits per heavy atom. The maximum absolute atomic E-state index is 5.22. The summed E-state index contributed by atoms with van der Waals surface area (Å²) < 4.78 is 5.22. The summed E-state index contributed by atoms with van der Waals surface area (Å²) in [5, 5.41) is 3.49. The van der Waals surface area contributed by atoms with E-state index < -0.39 is 0 Å². The normalized spacial score (nSPS) is 20.6. The van der Waals surface area contributed by atoms with Gasteiger partial charge < -0.3 is 9.73 Å². The van der Waals surface area contributed by atoms with Gasteiger partial charge in [-0.1, -0.05) is 18.2 Å². The second-order valence-corrected chi connectivity index (χ2v) is 5.91. The second-order valence-electron chi connectivity index (χ2n) is 5.91. The van der Waals surface area contributed by atoms with E-state index in [2.05, 4.69) is 23.5 Å². The molecule has 2 nitrogen and oxygen atoms in total. The van der Waals surface area contributed by atoms with E-state index in [1.165, 1.54) is 36.8 Å². The Morgan fingerprint density at radius 2 is 1.89 bits per heavy atom. The van der Waals surface area contributed by atoms with Crippen LogP contribution in [0, 0.1) is 0 Å². The van der Waals surface area contributed by atoms with Gasteiger partial charge >= 0.3 is 0 Å². The SMILES string of the molecule is c1cc(-c2ccc3c(c2)C2(CCNCC2)CC3)co1. The van der Waals surface area contributed by atoms with Crippen LogP contribution in [0.1, 0.15) is 30.4 Å². The molecular weight excluding hydrogens is 234 g/mol. The highest BCUT2D eigenvalue weighted by Crippen LogP contribution is 2.46. The topological polar surface area (TPSA) is 25.2 Å². The maximum atomic E-state index is 5.22. The molecule has 19 heavy (non-hydrogen) atoms. The summed E-state index contributed by atoms with van der Waals surface area (Å²) in [6.45, 7) is 2.32. The van der Waals surface area contributed by atoms with E-state index in [0.29, 0.717) is 5.41 Å². The van der Waals surface area contributed by atoms with Gasteiger partial charge in [0.1, 0.15) is 0 Å². The smallest absolute Gasteiger partial charge is 0.0980 e. The molecule has 2 aliphatic rings. The minimum absolute atomic E-state index is 0.445. The molecule has 0 unspecified atom stereocenters. The summed E-state index contributed by atoms with van der Waals surface area (Å²) in [7, 11) is 0. The number of fused-ring (bicyclic) bond motifs is 2. The molecule has 0 atom stereocenters. The van der Waals surface area contributed by atoms with E-state index >= 15 is 0 Å². The van der Waals surface area contributed by atoms with Crippen LogP contribution in [-0.2, 0) is 11.8 Å². The second kappa shape index (κ2) is 4.24. The zero-order valence-electron chi connectivity index (χ0n) is 11.1. The summed E-state index contributed by atoms with van der Waals surface area (Å²) in [6, 6.07) is 9.03. The molecule has 0 amide bonds. The van der Waals surface area contributed by atoms with Gasteiger partial charge in [0.15, 0.2) is 0 Å². The van der Waals surface area contributed by atoms with E-state index in [9.17, 15) is 0 Å². The summed E-state index contributed by atoms with van der Waals surface area (Å²) in [4.78, 5) is 0. The fourth-order valence-corrected chi connectivity index (χ4v) is 3.83. The van der Waals surface area contributed by atoms with E-state index in [4.69, 9.17) is 4.42 Å². The number of benzene rings is 1. The Bertz CT molecular complexity index is 574. The molecule has 0 saturated carbocycles. The van der Waals surface area contributed by atoms with Crippen LogP contribution in [0.25, 0.3) is 11.1 Å². The highest BCUT2D eigenvalue weighted by atomic mass is 16.3. The number of rotatable bonds is 1. The van der Waals surface area contributed by atoms with Crippen LogP contribution >= 0.6 is 0 Å². The monoisotopic (exact) mass is 253 g/mol. The molecule has 1 spiro atoms. The molecule has 1 aromatic carbocycles. The molecule has 1 saturated heterocycles. The lowest BCUT2D eigenvalue weighted by Crippen LogP contribution is -2.38. The van der Waals surface area contributed by atoms with Crippen molar-refractivity contribution >= 4 is 0 Å². The number of nitrogens with one attached hydrogen (secondary N) is 1. The number of furan rings is 1. The van der Waals surface area contributed by atoms with E-state index in [1.807, 2.05) is 12.3 Å². The van der Waals surface area contributed by atoms with Crippen molar-refractivity contribution in [2.45, 2.75) is 31.1 Å². The fraction of sp³-hybridized carbons (Fsp3) is 0.412. The minimum atomic E-state index is 0.445. The van der Waals surface area contributed by atoms with Gasteiger partial charge in [-0.3, -0.25) is 0 Å². The number of aryl methyl sites for hydroxylation is 1. The van der Waals surface area contributed by atoms with E-state index in [0.717, 1.165) is 13.1 Å². The van der Waals surface area contributed by atoms with Crippen LogP contribution in [0.15, 0.2) is 41.2 Å². The lowest BCUT2D eigenvalue weighted by molar-refractivity contribution is 0.307. The predicted octanol–water partition coefficient (Wildman–Crippen LogP) is 3.51. The van der Waals surface area contributed by atoms with E-state index in [1.54, 1.807) is 17.4 Å². The van der Waals surface area contributed by atoms with Crippen molar-refractivity contribution in [3.63, 3.8) is 0 Å². The Morgan fingerprint density at radius 3 is 2.68 bits per heavy atom. The Kier molecular flexibility index (Phi) is 2.52. The van der Waals surface area contributed by atoms with Crippen LogP contribution in [0.2, 0.25) is 0 Å². The first-order valence-electron chi connectivity index (χ1n) is 7.24. The quantitative estimate of drug-likeness (QED) is 0.841. The zero-order valence-corrected chi connectivity index (χ0v) is 11.1. The van der Waals surface area contributed by atoms with Crippen molar-refractivity contribution < 1.29 is 4.42 Å². The lowest BCUT2D eigenvalue weighted by atomic mass is 9.74. The summed E-state index contributed by atoms with van der Waals surface area (Å²) in [6.07, 6.45) is 8.75. The number of piperidine rings is 1. The Balaban J connectivity index is 1.79. The van der Waals surface area contributed by atoms with Crippen molar-refractivity contribution in [3.05, 3.63) is 47.9 Å². The molecule has 0 bridgehead atoms. The summed E-state index contributed by atoms with van der Waals surface area (Å²) in [5.74, 6) is 0. The van der Waals surface area contributed by atoms with Gasteiger partial charge in [-0.05, 0) is 66.9 Å². The Hall–Kier alpha value is -1.54. The standard InChI is InChI=1S/C17H19NO/c1-2-14(15-4-10-19-12-15)11-16-13(1)3-5-17(16)6-8-18-9-7-17/h1-2,4,10-12,18H,3,5-9H2. The minimum Gasteiger partial charge on any atom is -0.472 e. The van der Waals surface area contributed by atoms with Gasteiger partial charge in [0.25, 0.3) is 0 Å². The summed E-state index contributed by atoms with van der Waals surface area (Å²) >= 11 is 0. The number of hydrogen-bond acceptors (Lipinski definition) is 2. The third kappa shape index (κ3) is 1.74. The third-order valence-corrected chi connectivity index (χ3v) is 4.97. The molecule has 1 aliphatic heterocycles. The van der Waals surface area contributed by atoms with Crippen molar-refractivity contribution in [2.24, 2.45) is 0 Å². The van der Waals surface area contributed by atoms with Gasteiger partial charge in [-0.25, -0.2) is 0 Å². The summed E-state index contributed by atoms with van der Waals surface area (Å²) in [5.41, 5.74) is 6.10. The van der Waals surface area contributed by atoms with E-state index in [-0.39, 0.29) is 0 Å². The number of hydrogen-bond donors (Lipinski definition) is 1. The molecule has 1 aromatic heterocycles. The molecule has 4 rings (SSSR count). The highest BCUT2D eigenvalue weighted by molar-refractivity contribution is 5.65. The first kappa shape index (κ1) is 11.3. The van der Waals surface area contributed by atoms with Gasteiger partial charge in [0.05, 0.1) is 12.5 Å². The first-order valence-corrected chi connectivity index (χ1v) is 7.24. The van der Waals surface area contributed by atoms with Crippen molar-refractivity contribution in [2.75, 3.05) is 13.1 Å². The third-order valence-electron chi connectivity index (χ3n) is 4.97. The molecule has 2 heterocycles. The van der Waals surface area contributed by atoms with Gasteiger partial charge in [0.2, 0.25) is 0 Å². The zero-order chi connectivity index (χ0) is 12.7. The average Bonchev–Trinajstić information content (AvgIpc) is 3.09. The van der Waals surface area contributed by atoms with Crippen LogP contribution in [0.4, 0.5) is 0 Å². The molecule has 98 valence electrons. The highest BCUT2D eigenvalue weighted by Gasteiger charge is 2.39. The van der Waals surface area contributed by atoms with Gasteiger partial charge in [-0.15, -0.1) is 0 Å². The molecule has 1 fully saturated rings. The average molecular weight is 253 g/mol.